The summed E-state index contributed by atoms with van der Waals surface area (Å²) in [6, 6.07) is 26.4. The van der Waals surface area contributed by atoms with Gasteiger partial charge in [-0.05, 0) is 60.4 Å². The number of benzene rings is 3. The van der Waals surface area contributed by atoms with E-state index in [1.807, 2.05) is 30.3 Å². The number of ether oxygens (including phenoxy) is 2. The van der Waals surface area contributed by atoms with E-state index in [4.69, 9.17) is 9.47 Å². The first-order chi connectivity index (χ1) is 17.7. The number of carbonyl (C=O) groups is 1. The van der Waals surface area contributed by atoms with E-state index >= 15 is 0 Å². The third kappa shape index (κ3) is 6.45. The smallest absolute Gasteiger partial charge is 0.251 e. The Labute approximate surface area is 213 Å². The normalized spacial score (nSPS) is 18.2. The molecule has 2 saturated heterocycles. The molecule has 2 fully saturated rings. The number of rotatable bonds is 9. The summed E-state index contributed by atoms with van der Waals surface area (Å²) in [6.45, 7) is 6.88. The zero-order valence-electron chi connectivity index (χ0n) is 20.8. The maximum atomic E-state index is 12.8. The molecule has 2 aliphatic heterocycles. The predicted octanol–water partition coefficient (Wildman–Crippen LogP) is 4.50. The van der Waals surface area contributed by atoms with Gasteiger partial charge in [0.1, 0.15) is 12.4 Å². The zero-order valence-corrected chi connectivity index (χ0v) is 20.8. The van der Waals surface area contributed by atoms with Gasteiger partial charge in [-0.15, -0.1) is 0 Å². The Balaban J connectivity index is 1.11. The predicted molar refractivity (Wildman–Crippen MR) is 142 cm³/mol. The van der Waals surface area contributed by atoms with E-state index in [0.29, 0.717) is 18.7 Å². The Morgan fingerprint density at radius 2 is 1.61 bits per heavy atom. The van der Waals surface area contributed by atoms with Crippen molar-refractivity contribution < 1.29 is 14.3 Å². The molecular formula is C30H35N3O3. The first kappa shape index (κ1) is 24.3. The van der Waals surface area contributed by atoms with Crippen LogP contribution < -0.4 is 15.0 Å². The largest absolute Gasteiger partial charge is 0.491 e. The average molecular weight is 486 g/mol. The molecule has 36 heavy (non-hydrogen) atoms. The maximum absolute atomic E-state index is 12.8. The second kappa shape index (κ2) is 12.1. The van der Waals surface area contributed by atoms with Crippen LogP contribution in [0.25, 0.3) is 0 Å². The summed E-state index contributed by atoms with van der Waals surface area (Å²) in [5.41, 5.74) is 4.35. The summed E-state index contributed by atoms with van der Waals surface area (Å²) < 4.78 is 11.4. The van der Waals surface area contributed by atoms with Crippen molar-refractivity contribution in [1.29, 1.82) is 0 Å². The molecule has 0 bridgehead atoms. The minimum absolute atomic E-state index is 0.0769. The lowest BCUT2D eigenvalue weighted by molar-refractivity contribution is 0.0679. The molecule has 2 aliphatic rings. The van der Waals surface area contributed by atoms with Gasteiger partial charge in [0.25, 0.3) is 5.91 Å². The molecule has 0 aliphatic carbocycles. The average Bonchev–Trinajstić information content (AvgIpc) is 3.46. The Bertz CT molecular complexity index is 1110. The quantitative estimate of drug-likeness (QED) is 0.484. The maximum Gasteiger partial charge on any atom is 0.251 e. The van der Waals surface area contributed by atoms with Gasteiger partial charge < -0.3 is 19.7 Å². The van der Waals surface area contributed by atoms with E-state index in [-0.39, 0.29) is 12.0 Å². The molecule has 1 N–H and O–H groups in total. The molecule has 6 nitrogen and oxygen atoms in total. The molecule has 2 heterocycles. The van der Waals surface area contributed by atoms with Crippen LogP contribution in [-0.2, 0) is 17.8 Å². The fourth-order valence-corrected chi connectivity index (χ4v) is 4.87. The van der Waals surface area contributed by atoms with Crippen LogP contribution in [-0.4, -0.2) is 56.3 Å². The van der Waals surface area contributed by atoms with Gasteiger partial charge in [0.05, 0.1) is 6.10 Å². The Hall–Kier alpha value is -3.35. The van der Waals surface area contributed by atoms with Gasteiger partial charge in [-0.1, -0.05) is 42.5 Å². The van der Waals surface area contributed by atoms with Gasteiger partial charge in [-0.3, -0.25) is 9.69 Å². The van der Waals surface area contributed by atoms with Crippen LogP contribution in [0.3, 0.4) is 0 Å². The molecule has 5 rings (SSSR count). The van der Waals surface area contributed by atoms with Gasteiger partial charge in [0.2, 0.25) is 0 Å². The van der Waals surface area contributed by atoms with Crippen LogP contribution in [0.5, 0.6) is 5.75 Å². The van der Waals surface area contributed by atoms with E-state index in [9.17, 15) is 4.79 Å². The summed E-state index contributed by atoms with van der Waals surface area (Å²) in [7, 11) is 0. The molecular weight excluding hydrogens is 450 g/mol. The van der Waals surface area contributed by atoms with Crippen LogP contribution in [0.1, 0.15) is 34.3 Å². The first-order valence-corrected chi connectivity index (χ1v) is 13.0. The van der Waals surface area contributed by atoms with Gasteiger partial charge in [0.15, 0.2) is 0 Å². The van der Waals surface area contributed by atoms with Crippen LogP contribution in [0.4, 0.5) is 5.69 Å². The molecule has 3 aromatic rings. The van der Waals surface area contributed by atoms with Crippen molar-refractivity contribution in [1.82, 2.24) is 10.2 Å². The van der Waals surface area contributed by atoms with Gasteiger partial charge in [-0.25, -0.2) is 0 Å². The molecule has 0 saturated carbocycles. The van der Waals surface area contributed by atoms with Crippen molar-refractivity contribution in [2.24, 2.45) is 0 Å². The van der Waals surface area contributed by atoms with Gasteiger partial charge in [0, 0.05) is 57.1 Å². The van der Waals surface area contributed by atoms with Crippen LogP contribution in [0, 0.1) is 0 Å². The fraction of sp³-hybridized carbons (Fsp3) is 0.367. The SMILES string of the molecule is O=C(NCc1ccccc1CN1CCN(c2ccccc2)CC1)c1ccc(OCC2CCCO2)cc1. The Kier molecular flexibility index (Phi) is 8.16. The summed E-state index contributed by atoms with van der Waals surface area (Å²) >= 11 is 0. The molecule has 0 spiro atoms. The van der Waals surface area contributed by atoms with Crippen LogP contribution in [0.2, 0.25) is 0 Å². The second-order valence-electron chi connectivity index (χ2n) is 9.52. The van der Waals surface area contributed by atoms with Crippen molar-refractivity contribution >= 4 is 11.6 Å². The molecule has 1 amide bonds. The van der Waals surface area contributed by atoms with Crippen molar-refractivity contribution in [2.75, 3.05) is 44.3 Å². The number of para-hydroxylation sites is 1. The molecule has 1 unspecified atom stereocenters. The number of nitrogens with zero attached hydrogens (tertiary/aromatic N) is 2. The fourth-order valence-electron chi connectivity index (χ4n) is 4.87. The summed E-state index contributed by atoms with van der Waals surface area (Å²) in [6.07, 6.45) is 2.33. The number of anilines is 1. The van der Waals surface area contributed by atoms with E-state index in [1.165, 1.54) is 11.3 Å². The van der Waals surface area contributed by atoms with Crippen LogP contribution >= 0.6 is 0 Å². The minimum atomic E-state index is -0.0769. The first-order valence-electron chi connectivity index (χ1n) is 13.0. The highest BCUT2D eigenvalue weighted by Crippen LogP contribution is 2.19. The highest BCUT2D eigenvalue weighted by atomic mass is 16.5. The van der Waals surface area contributed by atoms with E-state index < -0.39 is 0 Å². The number of nitrogens with one attached hydrogen (secondary N) is 1. The lowest BCUT2D eigenvalue weighted by atomic mass is 10.1. The minimum Gasteiger partial charge on any atom is -0.491 e. The molecule has 0 aromatic heterocycles. The summed E-state index contributed by atoms with van der Waals surface area (Å²) in [5, 5.41) is 3.09. The van der Waals surface area contributed by atoms with Crippen LogP contribution in [0.15, 0.2) is 78.9 Å². The Morgan fingerprint density at radius 1 is 0.889 bits per heavy atom. The third-order valence-corrected chi connectivity index (χ3v) is 7.02. The van der Waals surface area contributed by atoms with Gasteiger partial charge in [-0.2, -0.15) is 0 Å². The van der Waals surface area contributed by atoms with Crippen molar-refractivity contribution in [3.05, 3.63) is 95.6 Å². The molecule has 1 atom stereocenters. The van der Waals surface area contributed by atoms with Crippen molar-refractivity contribution in [3.63, 3.8) is 0 Å². The standard InChI is InChI=1S/C30H35N3O3/c34-30(24-12-14-28(15-13-24)36-23-29-11-6-20-35-29)31-21-25-7-4-5-8-26(25)22-32-16-18-33(19-17-32)27-9-2-1-3-10-27/h1-5,7-10,12-15,29H,6,11,16-23H2,(H,31,34). The summed E-state index contributed by atoms with van der Waals surface area (Å²) in [5.74, 6) is 0.687. The lowest BCUT2D eigenvalue weighted by Crippen LogP contribution is -2.46. The zero-order chi connectivity index (χ0) is 24.6. The molecule has 188 valence electrons. The second-order valence-corrected chi connectivity index (χ2v) is 9.52. The van der Waals surface area contributed by atoms with E-state index in [0.717, 1.165) is 63.5 Å². The van der Waals surface area contributed by atoms with Gasteiger partial charge >= 0.3 is 0 Å². The third-order valence-electron chi connectivity index (χ3n) is 7.02. The molecule has 0 radical (unpaired) electrons. The highest BCUT2D eigenvalue weighted by Gasteiger charge is 2.19. The summed E-state index contributed by atoms with van der Waals surface area (Å²) in [4.78, 5) is 17.7. The van der Waals surface area contributed by atoms with E-state index in [1.54, 1.807) is 0 Å². The number of hydrogen-bond acceptors (Lipinski definition) is 5. The number of hydrogen-bond donors (Lipinski definition) is 1. The number of carbonyl (C=O) groups excluding carboxylic acids is 1. The van der Waals surface area contributed by atoms with Crippen molar-refractivity contribution in [2.45, 2.75) is 32.0 Å². The Morgan fingerprint density at radius 3 is 2.33 bits per heavy atom. The molecule has 3 aromatic carbocycles. The molecule has 6 heteroatoms. The number of amides is 1. The van der Waals surface area contributed by atoms with E-state index in [2.05, 4.69) is 63.6 Å². The monoisotopic (exact) mass is 485 g/mol. The lowest BCUT2D eigenvalue weighted by Gasteiger charge is -2.36. The number of piperazine rings is 1. The topological polar surface area (TPSA) is 54.0 Å². The highest BCUT2D eigenvalue weighted by molar-refractivity contribution is 5.94. The van der Waals surface area contributed by atoms with Crippen molar-refractivity contribution in [3.8, 4) is 5.75 Å².